The van der Waals surface area contributed by atoms with Crippen molar-refractivity contribution in [2.75, 3.05) is 11.9 Å². The third-order valence-electron chi connectivity index (χ3n) is 4.22. The molecule has 0 aromatic carbocycles. The topological polar surface area (TPSA) is 34.1 Å². The molecule has 0 atom stereocenters. The van der Waals surface area contributed by atoms with Crippen molar-refractivity contribution >= 4 is 17.4 Å². The molecule has 1 aromatic heterocycles. The van der Waals surface area contributed by atoms with Crippen molar-refractivity contribution in [1.82, 2.24) is 4.98 Å². The molecule has 0 aliphatic heterocycles. The van der Waals surface area contributed by atoms with E-state index in [1.807, 2.05) is 12.1 Å². The molecule has 1 aliphatic carbocycles. The molecule has 0 saturated heterocycles. The maximum atomic E-state index is 6.22. The monoisotopic (exact) mass is 310 g/mol. The van der Waals surface area contributed by atoms with Gasteiger partial charge in [0.05, 0.1) is 23.4 Å². The van der Waals surface area contributed by atoms with E-state index in [0.717, 1.165) is 37.3 Å². The number of nitrogens with zero attached hydrogens (tertiary/aromatic N) is 1. The van der Waals surface area contributed by atoms with Crippen LogP contribution in [0.15, 0.2) is 12.1 Å². The van der Waals surface area contributed by atoms with E-state index in [2.05, 4.69) is 31.1 Å². The minimum Gasteiger partial charge on any atom is -0.372 e. The predicted octanol–water partition coefficient (Wildman–Crippen LogP) is 5.04. The van der Waals surface area contributed by atoms with Crippen LogP contribution in [0.5, 0.6) is 0 Å². The zero-order valence-electron chi connectivity index (χ0n) is 13.4. The van der Waals surface area contributed by atoms with Crippen molar-refractivity contribution in [3.8, 4) is 0 Å². The Bertz CT molecular complexity index is 452. The zero-order chi connectivity index (χ0) is 15.3. The Morgan fingerprint density at radius 3 is 2.71 bits per heavy atom. The largest absolute Gasteiger partial charge is 0.372 e. The average Bonchev–Trinajstić information content (AvgIpc) is 2.46. The molecule has 0 unspecified atom stereocenters. The van der Waals surface area contributed by atoms with Crippen molar-refractivity contribution in [2.24, 2.45) is 5.41 Å². The smallest absolute Gasteiger partial charge is 0.126 e. The lowest BCUT2D eigenvalue weighted by atomic mass is 9.76. The summed E-state index contributed by atoms with van der Waals surface area (Å²) in [6, 6.07) is 3.82. The van der Waals surface area contributed by atoms with E-state index in [0.29, 0.717) is 23.1 Å². The molecule has 0 amide bonds. The van der Waals surface area contributed by atoms with Crippen LogP contribution in [0, 0.1) is 5.41 Å². The molecule has 2 rings (SSSR count). The predicted molar refractivity (Wildman–Crippen MR) is 88.9 cm³/mol. The Morgan fingerprint density at radius 2 is 2.05 bits per heavy atom. The van der Waals surface area contributed by atoms with Gasteiger partial charge in [-0.05, 0) is 49.7 Å². The highest BCUT2D eigenvalue weighted by molar-refractivity contribution is 6.31. The molecule has 1 saturated carbocycles. The minimum atomic E-state index is 0.350. The highest BCUT2D eigenvalue weighted by Gasteiger charge is 2.27. The number of anilines is 1. The van der Waals surface area contributed by atoms with Crippen LogP contribution in [0.3, 0.4) is 0 Å². The van der Waals surface area contributed by atoms with Crippen LogP contribution in [-0.4, -0.2) is 17.6 Å². The van der Waals surface area contributed by atoms with Gasteiger partial charge in [-0.3, -0.25) is 0 Å². The summed E-state index contributed by atoms with van der Waals surface area (Å²) in [5, 5.41) is 3.97. The van der Waals surface area contributed by atoms with Gasteiger partial charge in [0.1, 0.15) is 5.82 Å². The van der Waals surface area contributed by atoms with Crippen LogP contribution >= 0.6 is 11.6 Å². The second kappa shape index (κ2) is 7.46. The number of hydrogen-bond acceptors (Lipinski definition) is 3. The second-order valence-electron chi connectivity index (χ2n) is 6.73. The molecule has 3 nitrogen and oxygen atoms in total. The lowest BCUT2D eigenvalue weighted by Crippen LogP contribution is -2.26. The van der Waals surface area contributed by atoms with Crippen molar-refractivity contribution in [3.63, 3.8) is 0 Å². The van der Waals surface area contributed by atoms with Gasteiger partial charge in [0.2, 0.25) is 0 Å². The molecular weight excluding hydrogens is 284 g/mol. The maximum Gasteiger partial charge on any atom is 0.126 e. The van der Waals surface area contributed by atoms with Gasteiger partial charge in [-0.1, -0.05) is 32.4 Å². The highest BCUT2D eigenvalue weighted by atomic mass is 35.5. The normalized spacial score (nSPS) is 18.7. The van der Waals surface area contributed by atoms with Crippen molar-refractivity contribution < 1.29 is 4.74 Å². The van der Waals surface area contributed by atoms with Gasteiger partial charge in [0.15, 0.2) is 0 Å². The van der Waals surface area contributed by atoms with Crippen LogP contribution in [0.2, 0.25) is 5.02 Å². The van der Waals surface area contributed by atoms with Crippen LogP contribution in [0.25, 0.3) is 0 Å². The standard InChI is InChI=1S/C17H27ClN2O/c1-4-11-19-16-6-5-14(18)15(20-16)12-21-13-7-9-17(2,3)10-8-13/h5-6,13H,4,7-12H2,1-3H3,(H,19,20). The Hall–Kier alpha value is -0.800. The summed E-state index contributed by atoms with van der Waals surface area (Å²) in [5.41, 5.74) is 1.31. The molecule has 1 heterocycles. The van der Waals surface area contributed by atoms with Crippen molar-refractivity contribution in [2.45, 2.75) is 65.6 Å². The van der Waals surface area contributed by atoms with Gasteiger partial charge in [0, 0.05) is 6.54 Å². The van der Waals surface area contributed by atoms with Crippen molar-refractivity contribution in [3.05, 3.63) is 22.8 Å². The Kier molecular flexibility index (Phi) is 5.88. The molecule has 0 spiro atoms. The molecule has 0 bridgehead atoms. The molecule has 118 valence electrons. The van der Waals surface area contributed by atoms with Gasteiger partial charge in [-0.2, -0.15) is 0 Å². The third kappa shape index (κ3) is 5.15. The number of ether oxygens (including phenoxy) is 1. The Balaban J connectivity index is 1.87. The SMILES string of the molecule is CCCNc1ccc(Cl)c(COC2CCC(C)(C)CC2)n1. The van der Waals surface area contributed by atoms with Crippen molar-refractivity contribution in [1.29, 1.82) is 0 Å². The van der Waals surface area contributed by atoms with Crippen LogP contribution in [0.1, 0.15) is 58.6 Å². The second-order valence-corrected chi connectivity index (χ2v) is 7.13. The number of nitrogens with one attached hydrogen (secondary N) is 1. The maximum absolute atomic E-state index is 6.22. The van der Waals surface area contributed by atoms with E-state index in [9.17, 15) is 0 Å². The molecule has 1 aliphatic rings. The summed E-state index contributed by atoms with van der Waals surface area (Å²) in [6.45, 7) is 8.24. The first kappa shape index (κ1) is 16.6. The first-order chi connectivity index (χ1) is 10.00. The van der Waals surface area contributed by atoms with Crippen LogP contribution in [0.4, 0.5) is 5.82 Å². The summed E-state index contributed by atoms with van der Waals surface area (Å²) in [5.74, 6) is 0.879. The summed E-state index contributed by atoms with van der Waals surface area (Å²) in [4.78, 5) is 4.55. The van der Waals surface area contributed by atoms with E-state index in [4.69, 9.17) is 16.3 Å². The fourth-order valence-electron chi connectivity index (χ4n) is 2.67. The molecular formula is C17H27ClN2O. The highest BCUT2D eigenvalue weighted by Crippen LogP contribution is 2.36. The minimum absolute atomic E-state index is 0.350. The van der Waals surface area contributed by atoms with E-state index >= 15 is 0 Å². The molecule has 1 N–H and O–H groups in total. The Morgan fingerprint density at radius 1 is 1.33 bits per heavy atom. The zero-order valence-corrected chi connectivity index (χ0v) is 14.2. The molecule has 21 heavy (non-hydrogen) atoms. The third-order valence-corrected chi connectivity index (χ3v) is 4.56. The number of rotatable bonds is 6. The molecule has 1 aromatic rings. The lowest BCUT2D eigenvalue weighted by Gasteiger charge is -2.34. The van der Waals surface area contributed by atoms with E-state index in [-0.39, 0.29) is 0 Å². The molecule has 4 heteroatoms. The van der Waals surface area contributed by atoms with Gasteiger partial charge < -0.3 is 10.1 Å². The fourth-order valence-corrected chi connectivity index (χ4v) is 2.83. The number of halogens is 1. The van der Waals surface area contributed by atoms with E-state index in [1.54, 1.807) is 0 Å². The number of hydrogen-bond donors (Lipinski definition) is 1. The first-order valence-corrected chi connectivity index (χ1v) is 8.39. The van der Waals surface area contributed by atoms with Gasteiger partial charge in [-0.15, -0.1) is 0 Å². The van der Waals surface area contributed by atoms with Gasteiger partial charge in [-0.25, -0.2) is 4.98 Å². The summed E-state index contributed by atoms with van der Waals surface area (Å²) >= 11 is 6.22. The molecule has 0 radical (unpaired) electrons. The number of pyridine rings is 1. The lowest BCUT2D eigenvalue weighted by molar-refractivity contribution is -0.00680. The average molecular weight is 311 g/mol. The summed E-state index contributed by atoms with van der Waals surface area (Å²) in [7, 11) is 0. The fraction of sp³-hybridized carbons (Fsp3) is 0.706. The first-order valence-electron chi connectivity index (χ1n) is 8.01. The van der Waals surface area contributed by atoms with E-state index in [1.165, 1.54) is 12.8 Å². The number of aromatic nitrogens is 1. The van der Waals surface area contributed by atoms with Gasteiger partial charge in [0.25, 0.3) is 0 Å². The Labute approximate surface area is 133 Å². The summed E-state index contributed by atoms with van der Waals surface area (Å²) < 4.78 is 6.03. The summed E-state index contributed by atoms with van der Waals surface area (Å²) in [6.07, 6.45) is 6.17. The van der Waals surface area contributed by atoms with E-state index < -0.39 is 0 Å². The molecule has 1 fully saturated rings. The van der Waals surface area contributed by atoms with Gasteiger partial charge >= 0.3 is 0 Å². The van der Waals surface area contributed by atoms with Crippen LogP contribution < -0.4 is 5.32 Å². The quantitative estimate of drug-likeness (QED) is 0.799. The van der Waals surface area contributed by atoms with Crippen LogP contribution in [-0.2, 0) is 11.3 Å².